The first-order valence-corrected chi connectivity index (χ1v) is 6.81. The van der Waals surface area contributed by atoms with Crippen LogP contribution in [0.4, 0.5) is 0 Å². The molecule has 4 nitrogen and oxygen atoms in total. The highest BCUT2D eigenvalue weighted by Gasteiger charge is 2.33. The van der Waals surface area contributed by atoms with Crippen molar-refractivity contribution in [3.63, 3.8) is 0 Å². The third-order valence-electron chi connectivity index (χ3n) is 3.89. The highest BCUT2D eigenvalue weighted by atomic mass is 16.5. The van der Waals surface area contributed by atoms with Crippen molar-refractivity contribution in [1.82, 2.24) is 15.2 Å². The number of pyridine rings is 1. The van der Waals surface area contributed by atoms with Crippen LogP contribution in [0.3, 0.4) is 0 Å². The summed E-state index contributed by atoms with van der Waals surface area (Å²) in [5.74, 6) is 0.695. The summed E-state index contributed by atoms with van der Waals surface area (Å²) in [5.41, 5.74) is 1.24. The van der Waals surface area contributed by atoms with Crippen LogP contribution in [0.2, 0.25) is 0 Å². The summed E-state index contributed by atoms with van der Waals surface area (Å²) >= 11 is 0. The second-order valence-electron chi connectivity index (χ2n) is 5.30. The average Bonchev–Trinajstić information content (AvgIpc) is 3.16. The molecule has 1 saturated carbocycles. The number of ether oxygens (including phenoxy) is 1. The lowest BCUT2D eigenvalue weighted by Crippen LogP contribution is -2.32. The molecule has 1 aromatic rings. The topological polar surface area (TPSA) is 37.4 Å². The lowest BCUT2D eigenvalue weighted by Gasteiger charge is -2.15. The molecule has 1 aromatic heterocycles. The van der Waals surface area contributed by atoms with E-state index in [1.165, 1.54) is 37.9 Å². The van der Waals surface area contributed by atoms with Crippen LogP contribution in [0.25, 0.3) is 0 Å². The van der Waals surface area contributed by atoms with Gasteiger partial charge in [0.15, 0.2) is 0 Å². The van der Waals surface area contributed by atoms with Crippen molar-refractivity contribution >= 4 is 0 Å². The summed E-state index contributed by atoms with van der Waals surface area (Å²) in [6.45, 7) is 3.39. The average molecular weight is 247 g/mol. The van der Waals surface area contributed by atoms with Crippen LogP contribution >= 0.6 is 0 Å². The molecule has 1 aliphatic carbocycles. The zero-order chi connectivity index (χ0) is 12.4. The molecule has 98 valence electrons. The van der Waals surface area contributed by atoms with Crippen LogP contribution in [-0.2, 0) is 6.54 Å². The molecule has 0 spiro atoms. The van der Waals surface area contributed by atoms with E-state index >= 15 is 0 Å². The van der Waals surface area contributed by atoms with Gasteiger partial charge < -0.3 is 10.1 Å². The predicted molar refractivity (Wildman–Crippen MR) is 70.6 cm³/mol. The van der Waals surface area contributed by atoms with Gasteiger partial charge >= 0.3 is 0 Å². The third-order valence-corrected chi connectivity index (χ3v) is 3.89. The summed E-state index contributed by atoms with van der Waals surface area (Å²) in [6, 6.07) is 5.59. The number of hydrogen-bond donors (Lipinski definition) is 1. The van der Waals surface area contributed by atoms with Crippen LogP contribution in [0, 0.1) is 0 Å². The molecule has 1 atom stereocenters. The minimum Gasteiger partial charge on any atom is -0.481 e. The zero-order valence-electron chi connectivity index (χ0n) is 10.9. The van der Waals surface area contributed by atoms with E-state index in [0.29, 0.717) is 11.9 Å². The van der Waals surface area contributed by atoms with E-state index < -0.39 is 0 Å². The number of rotatable bonds is 5. The number of hydrogen-bond acceptors (Lipinski definition) is 4. The lowest BCUT2D eigenvalue weighted by atomic mass is 10.2. The van der Waals surface area contributed by atoms with Crippen molar-refractivity contribution in [2.45, 2.75) is 37.9 Å². The van der Waals surface area contributed by atoms with Gasteiger partial charge in [0.25, 0.3) is 0 Å². The fourth-order valence-corrected chi connectivity index (χ4v) is 2.66. The van der Waals surface area contributed by atoms with Gasteiger partial charge in [-0.2, -0.15) is 0 Å². The Morgan fingerprint density at radius 1 is 1.44 bits per heavy atom. The number of nitrogens with zero attached hydrogens (tertiary/aromatic N) is 2. The van der Waals surface area contributed by atoms with Crippen LogP contribution in [0.15, 0.2) is 18.3 Å². The Balaban J connectivity index is 1.48. The Labute approximate surface area is 108 Å². The Bertz CT molecular complexity index is 406. The molecule has 4 heteroatoms. The Kier molecular flexibility index (Phi) is 3.48. The van der Waals surface area contributed by atoms with Gasteiger partial charge in [0.1, 0.15) is 0 Å². The van der Waals surface area contributed by atoms with E-state index in [1.807, 2.05) is 12.1 Å². The van der Waals surface area contributed by atoms with Gasteiger partial charge in [-0.25, -0.2) is 4.98 Å². The summed E-state index contributed by atoms with van der Waals surface area (Å²) in [4.78, 5) is 6.75. The van der Waals surface area contributed by atoms with Crippen LogP contribution < -0.4 is 10.1 Å². The molecule has 1 saturated heterocycles. The number of nitrogens with one attached hydrogen (secondary N) is 1. The van der Waals surface area contributed by atoms with Gasteiger partial charge in [-0.3, -0.25) is 4.90 Å². The molecular weight excluding hydrogens is 226 g/mol. The fourth-order valence-electron chi connectivity index (χ4n) is 2.66. The Hall–Kier alpha value is -1.13. The molecule has 3 rings (SSSR count). The van der Waals surface area contributed by atoms with Crippen molar-refractivity contribution in [2.75, 3.05) is 20.2 Å². The maximum atomic E-state index is 5.14. The molecular formula is C14H21N3O. The zero-order valence-corrected chi connectivity index (χ0v) is 10.9. The van der Waals surface area contributed by atoms with Gasteiger partial charge in [-0.1, -0.05) is 0 Å². The van der Waals surface area contributed by atoms with Crippen molar-refractivity contribution in [1.29, 1.82) is 0 Å². The molecule has 0 amide bonds. The molecule has 0 bridgehead atoms. The molecule has 18 heavy (non-hydrogen) atoms. The molecule has 2 aliphatic rings. The number of methoxy groups -OCH3 is 1. The first-order chi connectivity index (χ1) is 8.85. The maximum absolute atomic E-state index is 5.14. The molecule has 2 heterocycles. The monoisotopic (exact) mass is 247 g/mol. The van der Waals surface area contributed by atoms with Gasteiger partial charge in [-0.05, 0) is 30.9 Å². The standard InChI is InChI=1S/C14H21N3O/c1-18-14-8-11(4-6-15-14)9-16-12-5-7-17(10-12)13-2-3-13/h4,6,8,12-13,16H,2-3,5,7,9-10H2,1H3. The van der Waals surface area contributed by atoms with E-state index in [0.717, 1.165) is 12.6 Å². The normalized spacial score (nSPS) is 24.4. The minimum absolute atomic E-state index is 0.643. The molecule has 2 fully saturated rings. The van der Waals surface area contributed by atoms with Gasteiger partial charge in [0.2, 0.25) is 5.88 Å². The largest absolute Gasteiger partial charge is 0.481 e. The fraction of sp³-hybridized carbons (Fsp3) is 0.643. The van der Waals surface area contributed by atoms with Crippen molar-refractivity contribution < 1.29 is 4.74 Å². The minimum atomic E-state index is 0.643. The SMILES string of the molecule is COc1cc(CNC2CCN(C3CC3)C2)ccn1. The van der Waals surface area contributed by atoms with Crippen molar-refractivity contribution in [3.05, 3.63) is 23.9 Å². The maximum Gasteiger partial charge on any atom is 0.213 e. The second-order valence-corrected chi connectivity index (χ2v) is 5.30. The van der Waals surface area contributed by atoms with E-state index in [2.05, 4.69) is 15.2 Å². The van der Waals surface area contributed by atoms with Gasteiger partial charge in [0, 0.05) is 44.0 Å². The second kappa shape index (κ2) is 5.24. The highest BCUT2D eigenvalue weighted by Crippen LogP contribution is 2.29. The summed E-state index contributed by atoms with van der Waals surface area (Å²) < 4.78 is 5.14. The van der Waals surface area contributed by atoms with E-state index in [1.54, 1.807) is 13.3 Å². The predicted octanol–water partition coefficient (Wildman–Crippen LogP) is 1.42. The van der Waals surface area contributed by atoms with Crippen molar-refractivity contribution in [2.24, 2.45) is 0 Å². The molecule has 1 aliphatic heterocycles. The van der Waals surface area contributed by atoms with Crippen LogP contribution in [-0.4, -0.2) is 42.2 Å². The van der Waals surface area contributed by atoms with Crippen LogP contribution in [0.5, 0.6) is 5.88 Å². The van der Waals surface area contributed by atoms with Crippen molar-refractivity contribution in [3.8, 4) is 5.88 Å². The van der Waals surface area contributed by atoms with E-state index in [4.69, 9.17) is 4.74 Å². The van der Waals surface area contributed by atoms with Gasteiger partial charge in [0.05, 0.1) is 7.11 Å². The van der Waals surface area contributed by atoms with Crippen LogP contribution in [0.1, 0.15) is 24.8 Å². The molecule has 0 aromatic carbocycles. The summed E-state index contributed by atoms with van der Waals surface area (Å²) in [7, 11) is 1.66. The quantitative estimate of drug-likeness (QED) is 0.854. The van der Waals surface area contributed by atoms with E-state index in [-0.39, 0.29) is 0 Å². The number of likely N-dealkylation sites (tertiary alicyclic amines) is 1. The first-order valence-electron chi connectivity index (χ1n) is 6.81. The number of aromatic nitrogens is 1. The summed E-state index contributed by atoms with van der Waals surface area (Å²) in [6.07, 6.45) is 5.91. The smallest absolute Gasteiger partial charge is 0.213 e. The first kappa shape index (κ1) is 11.9. The third kappa shape index (κ3) is 2.82. The Morgan fingerprint density at radius 3 is 3.11 bits per heavy atom. The molecule has 1 N–H and O–H groups in total. The highest BCUT2D eigenvalue weighted by molar-refractivity contribution is 5.20. The molecule has 1 unspecified atom stereocenters. The lowest BCUT2D eigenvalue weighted by molar-refractivity contribution is 0.317. The summed E-state index contributed by atoms with van der Waals surface area (Å²) in [5, 5.41) is 3.64. The Morgan fingerprint density at radius 2 is 2.33 bits per heavy atom. The molecule has 0 radical (unpaired) electrons. The van der Waals surface area contributed by atoms with E-state index in [9.17, 15) is 0 Å². The van der Waals surface area contributed by atoms with Gasteiger partial charge in [-0.15, -0.1) is 0 Å².